The molecule has 55 heavy (non-hydrogen) atoms. The first-order chi connectivity index (χ1) is 27.3. The molecule has 0 aliphatic heterocycles. The zero-order valence-corrected chi connectivity index (χ0v) is 30.3. The van der Waals surface area contributed by atoms with Crippen LogP contribution in [0.1, 0.15) is 0 Å². The van der Waals surface area contributed by atoms with Crippen LogP contribution in [0.2, 0.25) is 0 Å². The van der Waals surface area contributed by atoms with E-state index in [2.05, 4.69) is 229 Å². The molecule has 258 valence electrons. The monoisotopic (exact) mass is 699 g/mol. The molecule has 1 heteroatoms. The van der Waals surface area contributed by atoms with Crippen LogP contribution < -0.4 is 4.90 Å². The van der Waals surface area contributed by atoms with Crippen LogP contribution in [0, 0.1) is 0 Å². The van der Waals surface area contributed by atoms with Crippen LogP contribution >= 0.6 is 0 Å². The van der Waals surface area contributed by atoms with Crippen molar-refractivity contribution in [3.8, 4) is 44.5 Å². The lowest BCUT2D eigenvalue weighted by Gasteiger charge is -2.29. The molecule has 0 radical (unpaired) electrons. The Morgan fingerprint density at radius 1 is 0.236 bits per heavy atom. The van der Waals surface area contributed by atoms with Gasteiger partial charge in [0.2, 0.25) is 0 Å². The summed E-state index contributed by atoms with van der Waals surface area (Å²) >= 11 is 0. The van der Waals surface area contributed by atoms with Crippen LogP contribution in [0.3, 0.4) is 0 Å². The molecule has 0 saturated heterocycles. The number of hydrogen-bond donors (Lipinski definition) is 0. The number of benzene rings is 10. The molecule has 0 bridgehead atoms. The van der Waals surface area contributed by atoms with Gasteiger partial charge in [0.25, 0.3) is 0 Å². The SMILES string of the molecule is c1ccc(-c2cc(-c3ccccc3)cc(N(c3ccc(-c4ccc5ccccc5c4)cc3)c3ccccc3-c3cc4ccccc4c4ccccc34)c2)cc1. The number of nitrogens with zero attached hydrogens (tertiary/aromatic N) is 1. The van der Waals surface area contributed by atoms with E-state index in [4.69, 9.17) is 0 Å². The van der Waals surface area contributed by atoms with Gasteiger partial charge in [-0.1, -0.05) is 176 Å². The van der Waals surface area contributed by atoms with E-state index in [9.17, 15) is 0 Å². The first kappa shape index (κ1) is 32.4. The van der Waals surface area contributed by atoms with Gasteiger partial charge in [0.05, 0.1) is 5.69 Å². The molecule has 10 aromatic carbocycles. The van der Waals surface area contributed by atoms with Crippen LogP contribution in [0.25, 0.3) is 76.8 Å². The Labute approximate surface area is 322 Å². The van der Waals surface area contributed by atoms with Crippen molar-refractivity contribution in [2.75, 3.05) is 4.90 Å². The lowest BCUT2D eigenvalue weighted by molar-refractivity contribution is 1.28. The summed E-state index contributed by atoms with van der Waals surface area (Å²) in [6.07, 6.45) is 0. The van der Waals surface area contributed by atoms with E-state index < -0.39 is 0 Å². The zero-order valence-electron chi connectivity index (χ0n) is 30.3. The number of para-hydroxylation sites is 1. The Bertz CT molecular complexity index is 2910. The molecule has 10 aromatic rings. The Balaban J connectivity index is 1.21. The van der Waals surface area contributed by atoms with Gasteiger partial charge in [-0.05, 0) is 120 Å². The zero-order chi connectivity index (χ0) is 36.6. The third kappa shape index (κ3) is 6.12. The fourth-order valence-electron chi connectivity index (χ4n) is 8.11. The van der Waals surface area contributed by atoms with Crippen molar-refractivity contribution in [1.82, 2.24) is 0 Å². The third-order valence-electron chi connectivity index (χ3n) is 10.8. The van der Waals surface area contributed by atoms with E-state index in [1.807, 2.05) is 0 Å². The number of fused-ring (bicyclic) bond motifs is 4. The van der Waals surface area contributed by atoms with Crippen molar-refractivity contribution in [3.05, 3.63) is 224 Å². The highest BCUT2D eigenvalue weighted by Crippen LogP contribution is 2.46. The summed E-state index contributed by atoms with van der Waals surface area (Å²) in [7, 11) is 0. The molecule has 0 aliphatic carbocycles. The van der Waals surface area contributed by atoms with Crippen molar-refractivity contribution in [2.45, 2.75) is 0 Å². The largest absolute Gasteiger partial charge is 0.310 e. The summed E-state index contributed by atoms with van der Waals surface area (Å²) in [6, 6.07) is 81.6. The molecule has 0 heterocycles. The van der Waals surface area contributed by atoms with E-state index in [-0.39, 0.29) is 0 Å². The Morgan fingerprint density at radius 2 is 0.764 bits per heavy atom. The molecule has 0 spiro atoms. The molecule has 1 nitrogen and oxygen atoms in total. The maximum absolute atomic E-state index is 2.45. The topological polar surface area (TPSA) is 3.24 Å². The van der Waals surface area contributed by atoms with Crippen LogP contribution in [0.15, 0.2) is 224 Å². The van der Waals surface area contributed by atoms with Gasteiger partial charge >= 0.3 is 0 Å². The van der Waals surface area contributed by atoms with Gasteiger partial charge in [0, 0.05) is 16.9 Å². The van der Waals surface area contributed by atoms with Crippen molar-refractivity contribution in [2.24, 2.45) is 0 Å². The molecule has 0 aromatic heterocycles. The molecule has 0 saturated carbocycles. The predicted octanol–water partition coefficient (Wildman–Crippen LogP) is 15.3. The van der Waals surface area contributed by atoms with Crippen LogP contribution in [0.5, 0.6) is 0 Å². The van der Waals surface area contributed by atoms with Gasteiger partial charge in [-0.25, -0.2) is 0 Å². The van der Waals surface area contributed by atoms with E-state index in [1.165, 1.54) is 76.8 Å². The van der Waals surface area contributed by atoms with E-state index >= 15 is 0 Å². The number of rotatable bonds is 7. The number of hydrogen-bond acceptors (Lipinski definition) is 1. The quantitative estimate of drug-likeness (QED) is 0.150. The molecule has 0 fully saturated rings. The second-order valence-electron chi connectivity index (χ2n) is 14.2. The molecule has 0 amide bonds. The van der Waals surface area contributed by atoms with E-state index in [0.717, 1.165) is 17.1 Å². The second kappa shape index (κ2) is 14.0. The molecular formula is C54H37N. The molecule has 0 unspecified atom stereocenters. The Kier molecular flexibility index (Phi) is 8.24. The maximum atomic E-state index is 2.45. The van der Waals surface area contributed by atoms with Gasteiger partial charge in [-0.3, -0.25) is 0 Å². The van der Waals surface area contributed by atoms with Gasteiger partial charge < -0.3 is 4.90 Å². The lowest BCUT2D eigenvalue weighted by atomic mass is 9.91. The Hall–Kier alpha value is -7.22. The van der Waals surface area contributed by atoms with Gasteiger partial charge in [0.1, 0.15) is 0 Å². The van der Waals surface area contributed by atoms with Crippen molar-refractivity contribution in [3.63, 3.8) is 0 Å². The number of anilines is 3. The molecule has 0 N–H and O–H groups in total. The smallest absolute Gasteiger partial charge is 0.0540 e. The third-order valence-corrected chi connectivity index (χ3v) is 10.8. The van der Waals surface area contributed by atoms with Crippen molar-refractivity contribution in [1.29, 1.82) is 0 Å². The van der Waals surface area contributed by atoms with Crippen molar-refractivity contribution < 1.29 is 0 Å². The minimum Gasteiger partial charge on any atom is -0.310 e. The summed E-state index contributed by atoms with van der Waals surface area (Å²) in [4.78, 5) is 2.45. The molecule has 0 atom stereocenters. The standard InChI is InChI=1S/C54H37N/c1-3-15-38(16-4-1)45-34-46(39-17-5-2-6-18-39)36-48(35-45)55(47-31-29-41(30-32-47)43-28-27-40-19-7-8-20-42(40)33-43)54-26-14-13-25-52(54)53-37-44-21-9-10-22-49(44)50-23-11-12-24-51(50)53/h1-37H. The molecular weight excluding hydrogens is 663 g/mol. The average molecular weight is 700 g/mol. The fourth-order valence-corrected chi connectivity index (χ4v) is 8.11. The minimum atomic E-state index is 1.09. The summed E-state index contributed by atoms with van der Waals surface area (Å²) < 4.78 is 0. The van der Waals surface area contributed by atoms with Gasteiger partial charge in [-0.15, -0.1) is 0 Å². The first-order valence-electron chi connectivity index (χ1n) is 18.9. The molecule has 0 aliphatic rings. The Morgan fingerprint density at radius 3 is 1.47 bits per heavy atom. The molecule has 10 rings (SSSR count). The van der Waals surface area contributed by atoms with Crippen LogP contribution in [0.4, 0.5) is 17.1 Å². The highest BCUT2D eigenvalue weighted by molar-refractivity contribution is 6.15. The average Bonchev–Trinajstić information content (AvgIpc) is 3.27. The minimum absolute atomic E-state index is 1.09. The van der Waals surface area contributed by atoms with E-state index in [1.54, 1.807) is 0 Å². The first-order valence-corrected chi connectivity index (χ1v) is 18.9. The maximum Gasteiger partial charge on any atom is 0.0540 e. The van der Waals surface area contributed by atoms with Crippen molar-refractivity contribution >= 4 is 49.4 Å². The summed E-state index contributed by atoms with van der Waals surface area (Å²) in [5.41, 5.74) is 12.8. The normalized spacial score (nSPS) is 11.3. The highest BCUT2D eigenvalue weighted by Gasteiger charge is 2.21. The lowest BCUT2D eigenvalue weighted by Crippen LogP contribution is -2.11. The highest BCUT2D eigenvalue weighted by atomic mass is 15.1. The summed E-state index contributed by atoms with van der Waals surface area (Å²) in [6.45, 7) is 0. The van der Waals surface area contributed by atoms with Gasteiger partial charge in [-0.2, -0.15) is 0 Å². The van der Waals surface area contributed by atoms with Crippen LogP contribution in [-0.2, 0) is 0 Å². The summed E-state index contributed by atoms with van der Waals surface area (Å²) in [5, 5.41) is 7.49. The second-order valence-corrected chi connectivity index (χ2v) is 14.2. The van der Waals surface area contributed by atoms with Gasteiger partial charge in [0.15, 0.2) is 0 Å². The summed E-state index contributed by atoms with van der Waals surface area (Å²) in [5.74, 6) is 0. The van der Waals surface area contributed by atoms with Crippen LogP contribution in [-0.4, -0.2) is 0 Å². The fraction of sp³-hybridized carbons (Fsp3) is 0. The van der Waals surface area contributed by atoms with E-state index in [0.29, 0.717) is 0 Å². The predicted molar refractivity (Wildman–Crippen MR) is 235 cm³/mol.